The molecule has 0 unspecified atom stereocenters. The highest BCUT2D eigenvalue weighted by atomic mass is 16.3. The number of anilines is 2. The van der Waals surface area contributed by atoms with Crippen molar-refractivity contribution >= 4 is 11.6 Å². The van der Waals surface area contributed by atoms with Gasteiger partial charge in [0.05, 0.1) is 6.61 Å². The van der Waals surface area contributed by atoms with Gasteiger partial charge in [0.2, 0.25) is 0 Å². The highest BCUT2D eigenvalue weighted by molar-refractivity contribution is 5.48. The smallest absolute Gasteiger partial charge is 0.134 e. The molecule has 0 aliphatic rings. The standard InChI is InChI=1S/C12H17N5O/c1-17(8-10-2-3-13-7-10)12-6-11(14-4-5-18)15-9-16-12/h2-3,6-7,9,13,18H,4-5,8H2,1H3,(H,14,15,16). The van der Waals surface area contributed by atoms with Crippen LogP contribution < -0.4 is 10.2 Å². The molecule has 0 saturated carbocycles. The van der Waals surface area contributed by atoms with Crippen molar-refractivity contribution in [3.05, 3.63) is 36.4 Å². The molecule has 6 heteroatoms. The maximum absolute atomic E-state index is 8.76. The summed E-state index contributed by atoms with van der Waals surface area (Å²) in [5, 5.41) is 11.8. The summed E-state index contributed by atoms with van der Waals surface area (Å²) in [5.41, 5.74) is 1.20. The lowest BCUT2D eigenvalue weighted by atomic mass is 10.3. The van der Waals surface area contributed by atoms with Crippen LogP contribution in [0.3, 0.4) is 0 Å². The first kappa shape index (κ1) is 12.4. The Hall–Kier alpha value is -2.08. The second kappa shape index (κ2) is 6.02. The van der Waals surface area contributed by atoms with Crippen molar-refractivity contribution in [1.82, 2.24) is 15.0 Å². The number of aromatic nitrogens is 3. The normalized spacial score (nSPS) is 10.3. The number of hydrogen-bond donors (Lipinski definition) is 3. The molecule has 2 aromatic rings. The molecule has 96 valence electrons. The third-order valence-corrected chi connectivity index (χ3v) is 2.54. The van der Waals surface area contributed by atoms with E-state index >= 15 is 0 Å². The molecule has 6 nitrogen and oxygen atoms in total. The number of aromatic amines is 1. The molecular formula is C12H17N5O. The van der Waals surface area contributed by atoms with Gasteiger partial charge in [0.1, 0.15) is 18.0 Å². The number of nitrogens with one attached hydrogen (secondary N) is 2. The molecule has 0 saturated heterocycles. The lowest BCUT2D eigenvalue weighted by Crippen LogP contribution is -2.18. The quantitative estimate of drug-likeness (QED) is 0.705. The van der Waals surface area contributed by atoms with Crippen molar-refractivity contribution in [2.45, 2.75) is 6.54 Å². The first-order valence-corrected chi connectivity index (χ1v) is 5.79. The summed E-state index contributed by atoms with van der Waals surface area (Å²) in [6.45, 7) is 1.34. The Bertz CT molecular complexity index is 471. The van der Waals surface area contributed by atoms with E-state index in [1.165, 1.54) is 11.9 Å². The number of H-pyrrole nitrogens is 1. The predicted octanol–water partition coefficient (Wildman–Crippen LogP) is 0.845. The van der Waals surface area contributed by atoms with Gasteiger partial charge in [-0.05, 0) is 11.6 Å². The molecule has 0 fully saturated rings. The average molecular weight is 247 g/mol. The van der Waals surface area contributed by atoms with Crippen molar-refractivity contribution < 1.29 is 5.11 Å². The predicted molar refractivity (Wildman–Crippen MR) is 70.5 cm³/mol. The van der Waals surface area contributed by atoms with Gasteiger partial charge in [-0.1, -0.05) is 0 Å². The van der Waals surface area contributed by atoms with Crippen LogP contribution in [0.1, 0.15) is 5.56 Å². The maximum atomic E-state index is 8.76. The molecule has 0 bridgehead atoms. The number of aliphatic hydroxyl groups is 1. The summed E-state index contributed by atoms with van der Waals surface area (Å²) in [4.78, 5) is 13.4. The molecule has 0 aliphatic carbocycles. The number of nitrogens with zero attached hydrogens (tertiary/aromatic N) is 3. The zero-order valence-electron chi connectivity index (χ0n) is 10.3. The number of rotatable bonds is 6. The minimum Gasteiger partial charge on any atom is -0.395 e. The molecule has 0 atom stereocenters. The van der Waals surface area contributed by atoms with Crippen LogP contribution in [0.25, 0.3) is 0 Å². The topological polar surface area (TPSA) is 77.1 Å². The second-order valence-corrected chi connectivity index (χ2v) is 3.99. The van der Waals surface area contributed by atoms with E-state index in [-0.39, 0.29) is 6.61 Å². The van der Waals surface area contributed by atoms with E-state index in [0.29, 0.717) is 6.54 Å². The van der Waals surface area contributed by atoms with Crippen LogP contribution in [0, 0.1) is 0 Å². The fraction of sp³-hybridized carbons (Fsp3) is 0.333. The minimum absolute atomic E-state index is 0.0819. The molecule has 2 heterocycles. The molecule has 0 spiro atoms. The fourth-order valence-electron chi connectivity index (χ4n) is 1.65. The minimum atomic E-state index is 0.0819. The molecule has 0 aliphatic heterocycles. The third-order valence-electron chi connectivity index (χ3n) is 2.54. The van der Waals surface area contributed by atoms with Crippen LogP contribution >= 0.6 is 0 Å². The van der Waals surface area contributed by atoms with Crippen molar-refractivity contribution in [3.8, 4) is 0 Å². The second-order valence-electron chi connectivity index (χ2n) is 3.99. The largest absolute Gasteiger partial charge is 0.395 e. The molecular weight excluding hydrogens is 230 g/mol. The number of hydrogen-bond acceptors (Lipinski definition) is 5. The van der Waals surface area contributed by atoms with Gasteiger partial charge >= 0.3 is 0 Å². The van der Waals surface area contributed by atoms with E-state index in [2.05, 4.69) is 20.3 Å². The van der Waals surface area contributed by atoms with E-state index in [9.17, 15) is 0 Å². The van der Waals surface area contributed by atoms with Crippen LogP contribution in [0.5, 0.6) is 0 Å². The van der Waals surface area contributed by atoms with Gasteiger partial charge in [-0.3, -0.25) is 0 Å². The molecule has 0 amide bonds. The SMILES string of the molecule is CN(Cc1cc[nH]c1)c1cc(NCCO)ncn1. The molecule has 2 rings (SSSR count). The Morgan fingerprint density at radius 2 is 2.33 bits per heavy atom. The maximum Gasteiger partial charge on any atom is 0.134 e. The Labute approximate surface area is 106 Å². The molecule has 0 radical (unpaired) electrons. The van der Waals surface area contributed by atoms with Crippen molar-refractivity contribution in [1.29, 1.82) is 0 Å². The molecule has 18 heavy (non-hydrogen) atoms. The lowest BCUT2D eigenvalue weighted by molar-refractivity contribution is 0.311. The van der Waals surface area contributed by atoms with Gasteiger partial charge in [-0.2, -0.15) is 0 Å². The summed E-state index contributed by atoms with van der Waals surface area (Å²) in [6.07, 6.45) is 5.38. The Morgan fingerprint density at radius 3 is 3.06 bits per heavy atom. The van der Waals surface area contributed by atoms with Crippen molar-refractivity contribution in [2.75, 3.05) is 30.4 Å². The van der Waals surface area contributed by atoms with Crippen LogP contribution in [0.4, 0.5) is 11.6 Å². The molecule has 2 aromatic heterocycles. The number of aliphatic hydroxyl groups excluding tert-OH is 1. The van der Waals surface area contributed by atoms with E-state index in [1.807, 2.05) is 36.5 Å². The summed E-state index contributed by atoms with van der Waals surface area (Å²) in [5.74, 6) is 1.56. The lowest BCUT2D eigenvalue weighted by Gasteiger charge is -2.17. The van der Waals surface area contributed by atoms with E-state index in [4.69, 9.17) is 5.11 Å². The molecule has 0 aromatic carbocycles. The van der Waals surface area contributed by atoms with E-state index in [0.717, 1.165) is 18.2 Å². The van der Waals surface area contributed by atoms with Gasteiger partial charge in [0.15, 0.2) is 0 Å². The zero-order valence-corrected chi connectivity index (χ0v) is 10.3. The summed E-state index contributed by atoms with van der Waals surface area (Å²) < 4.78 is 0. The van der Waals surface area contributed by atoms with Gasteiger partial charge in [0.25, 0.3) is 0 Å². The van der Waals surface area contributed by atoms with Gasteiger partial charge in [-0.15, -0.1) is 0 Å². The van der Waals surface area contributed by atoms with Crippen molar-refractivity contribution in [3.63, 3.8) is 0 Å². The first-order valence-electron chi connectivity index (χ1n) is 5.79. The van der Waals surface area contributed by atoms with Gasteiger partial charge in [-0.25, -0.2) is 9.97 Å². The van der Waals surface area contributed by atoms with Crippen LogP contribution in [0.15, 0.2) is 30.9 Å². The first-order chi connectivity index (χ1) is 8.79. The van der Waals surface area contributed by atoms with Crippen LogP contribution in [0.2, 0.25) is 0 Å². The average Bonchev–Trinajstić information content (AvgIpc) is 2.89. The Kier molecular flexibility index (Phi) is 4.14. The monoisotopic (exact) mass is 247 g/mol. The summed E-state index contributed by atoms with van der Waals surface area (Å²) in [7, 11) is 1.98. The van der Waals surface area contributed by atoms with E-state index in [1.54, 1.807) is 0 Å². The van der Waals surface area contributed by atoms with Crippen LogP contribution in [-0.2, 0) is 6.54 Å². The zero-order chi connectivity index (χ0) is 12.8. The highest BCUT2D eigenvalue weighted by Crippen LogP contribution is 2.14. The van der Waals surface area contributed by atoms with Gasteiger partial charge in [0, 0.05) is 38.6 Å². The Morgan fingerprint density at radius 1 is 1.44 bits per heavy atom. The Balaban J connectivity index is 2.03. The highest BCUT2D eigenvalue weighted by Gasteiger charge is 2.05. The van der Waals surface area contributed by atoms with Crippen LogP contribution in [-0.4, -0.2) is 40.3 Å². The van der Waals surface area contributed by atoms with Gasteiger partial charge < -0.3 is 20.3 Å². The summed E-state index contributed by atoms with van der Waals surface area (Å²) >= 11 is 0. The van der Waals surface area contributed by atoms with E-state index < -0.39 is 0 Å². The summed E-state index contributed by atoms with van der Waals surface area (Å²) in [6, 6.07) is 3.89. The fourth-order valence-corrected chi connectivity index (χ4v) is 1.65. The molecule has 3 N–H and O–H groups in total. The van der Waals surface area contributed by atoms with Crippen molar-refractivity contribution in [2.24, 2.45) is 0 Å². The third kappa shape index (κ3) is 3.21.